The number of carboxylic acids is 1. The van der Waals surface area contributed by atoms with Crippen molar-refractivity contribution in [3.63, 3.8) is 0 Å². The molecule has 0 saturated heterocycles. The molecule has 0 unspecified atom stereocenters. The van der Waals surface area contributed by atoms with E-state index >= 15 is 0 Å². The molecular weight excluding hydrogens is 470 g/mol. The number of aliphatic carboxylic acids is 1. The zero-order chi connectivity index (χ0) is 25.3. The SMILES string of the molecule is CCCCc1c(OCCCSc2ccc(CCC(=O)O)cc2)ccc2c(-c3ccccc3C)noc12. The van der Waals surface area contributed by atoms with E-state index in [-0.39, 0.29) is 6.42 Å². The van der Waals surface area contributed by atoms with E-state index in [4.69, 9.17) is 14.4 Å². The minimum Gasteiger partial charge on any atom is -0.493 e. The summed E-state index contributed by atoms with van der Waals surface area (Å²) in [4.78, 5) is 11.9. The van der Waals surface area contributed by atoms with E-state index in [0.717, 1.165) is 70.5 Å². The van der Waals surface area contributed by atoms with Gasteiger partial charge in [-0.05, 0) is 68.0 Å². The lowest BCUT2D eigenvalue weighted by atomic mass is 9.99. The number of unbranched alkanes of at least 4 members (excludes halogenated alkanes) is 1. The highest BCUT2D eigenvalue weighted by Crippen LogP contribution is 2.36. The van der Waals surface area contributed by atoms with Crippen molar-refractivity contribution in [2.24, 2.45) is 0 Å². The number of benzene rings is 3. The van der Waals surface area contributed by atoms with Crippen molar-refractivity contribution in [2.45, 2.75) is 57.3 Å². The fraction of sp³-hybridized carbons (Fsp3) is 0.333. The summed E-state index contributed by atoms with van der Waals surface area (Å²) in [7, 11) is 0. The number of rotatable bonds is 13. The summed E-state index contributed by atoms with van der Waals surface area (Å²) in [6.45, 7) is 4.92. The largest absolute Gasteiger partial charge is 0.493 e. The van der Waals surface area contributed by atoms with Gasteiger partial charge in [-0.3, -0.25) is 4.79 Å². The number of fused-ring (bicyclic) bond motifs is 1. The van der Waals surface area contributed by atoms with Crippen molar-refractivity contribution in [1.82, 2.24) is 5.16 Å². The number of nitrogens with zero attached hydrogens (tertiary/aromatic N) is 1. The number of thioether (sulfide) groups is 1. The van der Waals surface area contributed by atoms with Crippen LogP contribution in [0.3, 0.4) is 0 Å². The summed E-state index contributed by atoms with van der Waals surface area (Å²) in [6.07, 6.45) is 4.71. The van der Waals surface area contributed by atoms with Crippen LogP contribution in [0.15, 0.2) is 70.1 Å². The molecule has 0 bridgehead atoms. The van der Waals surface area contributed by atoms with Gasteiger partial charge in [0.15, 0.2) is 5.58 Å². The second-order valence-electron chi connectivity index (χ2n) is 8.96. The van der Waals surface area contributed by atoms with Gasteiger partial charge < -0.3 is 14.4 Å². The average molecular weight is 504 g/mol. The normalized spacial score (nSPS) is 11.2. The van der Waals surface area contributed by atoms with Crippen LogP contribution in [0.25, 0.3) is 22.2 Å². The van der Waals surface area contributed by atoms with E-state index in [9.17, 15) is 4.79 Å². The summed E-state index contributed by atoms with van der Waals surface area (Å²) < 4.78 is 12.1. The second kappa shape index (κ2) is 12.6. The van der Waals surface area contributed by atoms with Crippen molar-refractivity contribution >= 4 is 28.7 Å². The van der Waals surface area contributed by atoms with Gasteiger partial charge in [0.1, 0.15) is 11.4 Å². The Balaban J connectivity index is 1.38. The molecule has 0 aliphatic heterocycles. The molecule has 188 valence electrons. The molecule has 5 nitrogen and oxygen atoms in total. The molecule has 4 aromatic rings. The monoisotopic (exact) mass is 503 g/mol. The Bertz CT molecular complexity index is 1300. The second-order valence-corrected chi connectivity index (χ2v) is 10.1. The van der Waals surface area contributed by atoms with Crippen molar-refractivity contribution in [1.29, 1.82) is 0 Å². The highest BCUT2D eigenvalue weighted by Gasteiger charge is 2.18. The number of aryl methyl sites for hydroxylation is 3. The lowest BCUT2D eigenvalue weighted by molar-refractivity contribution is -0.136. The van der Waals surface area contributed by atoms with Crippen molar-refractivity contribution in [3.05, 3.63) is 77.4 Å². The molecule has 0 aliphatic rings. The molecule has 36 heavy (non-hydrogen) atoms. The molecular formula is C30H33NO4S. The Kier molecular flexibility index (Phi) is 9.06. The van der Waals surface area contributed by atoms with Gasteiger partial charge in [0.05, 0.1) is 12.0 Å². The zero-order valence-corrected chi connectivity index (χ0v) is 21.8. The summed E-state index contributed by atoms with van der Waals surface area (Å²) >= 11 is 1.79. The van der Waals surface area contributed by atoms with Crippen LogP contribution in [0.4, 0.5) is 0 Å². The van der Waals surface area contributed by atoms with Gasteiger partial charge in [0.25, 0.3) is 0 Å². The molecule has 6 heteroatoms. The van der Waals surface area contributed by atoms with Gasteiger partial charge in [-0.2, -0.15) is 0 Å². The first-order chi connectivity index (χ1) is 17.6. The Labute approximate surface area is 216 Å². The molecule has 0 aliphatic carbocycles. The zero-order valence-electron chi connectivity index (χ0n) is 21.0. The minimum atomic E-state index is -0.763. The topological polar surface area (TPSA) is 72.6 Å². The predicted molar refractivity (Wildman–Crippen MR) is 146 cm³/mol. The molecule has 1 heterocycles. The quantitative estimate of drug-likeness (QED) is 0.149. The first-order valence-electron chi connectivity index (χ1n) is 12.6. The number of hydrogen-bond acceptors (Lipinski definition) is 5. The molecule has 0 fully saturated rings. The fourth-order valence-electron chi connectivity index (χ4n) is 4.23. The highest BCUT2D eigenvalue weighted by atomic mass is 32.2. The molecule has 4 rings (SSSR count). The molecule has 0 saturated carbocycles. The van der Waals surface area contributed by atoms with Gasteiger partial charge in [0, 0.05) is 28.2 Å². The Hall–Kier alpha value is -3.25. The number of aromatic nitrogens is 1. The lowest BCUT2D eigenvalue weighted by Gasteiger charge is -2.12. The first-order valence-corrected chi connectivity index (χ1v) is 13.6. The third kappa shape index (κ3) is 6.49. The molecule has 0 spiro atoms. The molecule has 0 amide bonds. The number of ether oxygens (including phenoxy) is 1. The Morgan fingerprint density at radius 2 is 1.83 bits per heavy atom. The van der Waals surface area contributed by atoms with E-state index in [2.05, 4.69) is 55.4 Å². The number of carbonyl (C=O) groups is 1. The van der Waals surface area contributed by atoms with Crippen LogP contribution >= 0.6 is 11.8 Å². The van der Waals surface area contributed by atoms with Crippen molar-refractivity contribution < 1.29 is 19.2 Å². The predicted octanol–water partition coefficient (Wildman–Crippen LogP) is 7.72. The maximum atomic E-state index is 10.7. The van der Waals surface area contributed by atoms with E-state index in [1.54, 1.807) is 11.8 Å². The van der Waals surface area contributed by atoms with Crippen molar-refractivity contribution in [3.8, 4) is 17.0 Å². The molecule has 0 atom stereocenters. The average Bonchev–Trinajstić information content (AvgIpc) is 3.31. The third-order valence-electron chi connectivity index (χ3n) is 6.25. The number of carboxylic acid groups (broad SMARTS) is 1. The van der Waals surface area contributed by atoms with Crippen LogP contribution in [0.2, 0.25) is 0 Å². The Morgan fingerprint density at radius 1 is 1.03 bits per heavy atom. The van der Waals surface area contributed by atoms with Crippen LogP contribution < -0.4 is 4.74 Å². The van der Waals surface area contributed by atoms with E-state index < -0.39 is 5.97 Å². The van der Waals surface area contributed by atoms with Crippen LogP contribution in [-0.4, -0.2) is 28.6 Å². The number of hydrogen-bond donors (Lipinski definition) is 1. The standard InChI is InChI=1S/C30H33NO4S/c1-3-4-9-25-27(17-16-26-29(31-35-30(25)26)24-10-6-5-8-21(24)2)34-19-7-20-36-23-14-11-22(12-15-23)13-18-28(32)33/h5-6,8,10-12,14-17H,3-4,7,9,13,18-20H2,1-2H3,(H,32,33). The summed E-state index contributed by atoms with van der Waals surface area (Å²) in [5, 5.41) is 14.3. The fourth-order valence-corrected chi connectivity index (χ4v) is 5.06. The van der Waals surface area contributed by atoms with Crippen LogP contribution in [0, 0.1) is 6.92 Å². The van der Waals surface area contributed by atoms with Crippen LogP contribution in [-0.2, 0) is 17.6 Å². The van der Waals surface area contributed by atoms with Gasteiger partial charge >= 0.3 is 5.97 Å². The third-order valence-corrected chi connectivity index (χ3v) is 7.35. The smallest absolute Gasteiger partial charge is 0.303 e. The van der Waals surface area contributed by atoms with Gasteiger partial charge in [-0.1, -0.05) is 54.9 Å². The minimum absolute atomic E-state index is 0.164. The maximum absolute atomic E-state index is 10.7. The van der Waals surface area contributed by atoms with E-state index in [0.29, 0.717) is 13.0 Å². The maximum Gasteiger partial charge on any atom is 0.303 e. The van der Waals surface area contributed by atoms with Crippen molar-refractivity contribution in [2.75, 3.05) is 12.4 Å². The Morgan fingerprint density at radius 3 is 2.58 bits per heavy atom. The first kappa shape index (κ1) is 25.8. The van der Waals surface area contributed by atoms with Gasteiger partial charge in [-0.25, -0.2) is 0 Å². The summed E-state index contributed by atoms with van der Waals surface area (Å²) in [5.74, 6) is 1.07. The molecule has 0 radical (unpaired) electrons. The molecule has 1 N–H and O–H groups in total. The summed E-state index contributed by atoms with van der Waals surface area (Å²) in [6, 6.07) is 20.5. The van der Waals surface area contributed by atoms with E-state index in [1.165, 1.54) is 10.5 Å². The molecule has 3 aromatic carbocycles. The molecule has 1 aromatic heterocycles. The summed E-state index contributed by atoms with van der Waals surface area (Å²) in [5.41, 5.74) is 6.15. The van der Waals surface area contributed by atoms with Gasteiger partial charge in [0.2, 0.25) is 0 Å². The van der Waals surface area contributed by atoms with Crippen LogP contribution in [0.5, 0.6) is 5.75 Å². The highest BCUT2D eigenvalue weighted by molar-refractivity contribution is 7.99. The lowest BCUT2D eigenvalue weighted by Crippen LogP contribution is -2.02. The van der Waals surface area contributed by atoms with Crippen LogP contribution in [0.1, 0.15) is 49.3 Å². The van der Waals surface area contributed by atoms with Gasteiger partial charge in [-0.15, -0.1) is 11.8 Å². The van der Waals surface area contributed by atoms with E-state index in [1.807, 2.05) is 24.3 Å².